The van der Waals surface area contributed by atoms with Gasteiger partial charge in [0.05, 0.1) is 26.6 Å². The molecular weight excluding hydrogens is 300 g/mol. The van der Waals surface area contributed by atoms with Crippen molar-refractivity contribution in [2.45, 2.75) is 32.3 Å². The number of methoxy groups -OCH3 is 1. The van der Waals surface area contributed by atoms with Gasteiger partial charge in [-0.25, -0.2) is 0 Å². The van der Waals surface area contributed by atoms with Crippen LogP contribution < -0.4 is 4.74 Å². The van der Waals surface area contributed by atoms with Gasteiger partial charge >= 0.3 is 0 Å². The Morgan fingerprint density at radius 3 is 2.40 bits per heavy atom. The van der Waals surface area contributed by atoms with E-state index in [4.69, 9.17) is 9.47 Å². The van der Waals surface area contributed by atoms with Gasteiger partial charge in [-0.2, -0.15) is 8.42 Å². The molecule has 7 heteroatoms. The Morgan fingerprint density at radius 1 is 1.10 bits per heavy atom. The van der Waals surface area contributed by atoms with Crippen LogP contribution in [0.15, 0.2) is 12.1 Å². The molecule has 0 amide bonds. The van der Waals surface area contributed by atoms with Crippen LogP contribution in [0.2, 0.25) is 0 Å². The molecule has 0 N–H and O–H groups in total. The molecule has 0 saturated heterocycles. The lowest BCUT2D eigenvalue weighted by molar-refractivity contribution is 0.118. The molecule has 0 unspecified atom stereocenters. The van der Waals surface area contributed by atoms with Gasteiger partial charge in [0.1, 0.15) is 0 Å². The van der Waals surface area contributed by atoms with Crippen molar-refractivity contribution in [3.63, 3.8) is 0 Å². The minimum Gasteiger partial charge on any atom is -0.487 e. The summed E-state index contributed by atoms with van der Waals surface area (Å²) in [5.74, 6) is 0. The molecule has 0 aliphatic carbocycles. The molecule has 0 aliphatic heterocycles. The highest BCUT2D eigenvalue weighted by Gasteiger charge is 2.01. The van der Waals surface area contributed by atoms with Crippen LogP contribution in [0.4, 0.5) is 0 Å². The summed E-state index contributed by atoms with van der Waals surface area (Å²) in [7, 11) is -1.63. The fourth-order valence-corrected chi connectivity index (χ4v) is 2.77. The van der Waals surface area contributed by atoms with Crippen molar-refractivity contribution in [1.29, 1.82) is 0 Å². The zero-order chi connectivity index (χ0) is 14.8. The Morgan fingerprint density at radius 2 is 1.80 bits per heavy atom. The zero-order valence-electron chi connectivity index (χ0n) is 12.0. The van der Waals surface area contributed by atoms with Gasteiger partial charge in [0.2, 0.25) is 0 Å². The SMILES string of the molecule is COc1ccc(COCCCCCCOS(C)(=O)=O)s1. The van der Waals surface area contributed by atoms with E-state index in [9.17, 15) is 8.42 Å². The molecule has 0 bridgehead atoms. The van der Waals surface area contributed by atoms with E-state index in [1.807, 2.05) is 12.1 Å². The van der Waals surface area contributed by atoms with Crippen molar-refractivity contribution in [3.05, 3.63) is 17.0 Å². The van der Waals surface area contributed by atoms with E-state index in [1.54, 1.807) is 18.4 Å². The maximum atomic E-state index is 10.7. The van der Waals surface area contributed by atoms with Crippen LogP contribution in [-0.4, -0.2) is 35.0 Å². The number of rotatable bonds is 11. The van der Waals surface area contributed by atoms with Crippen LogP contribution in [0.1, 0.15) is 30.6 Å². The van der Waals surface area contributed by atoms with Crippen LogP contribution in [0, 0.1) is 0 Å². The van der Waals surface area contributed by atoms with Crippen molar-refractivity contribution < 1.29 is 22.1 Å². The molecule has 1 rings (SSSR count). The highest BCUT2D eigenvalue weighted by Crippen LogP contribution is 2.24. The van der Waals surface area contributed by atoms with E-state index in [0.29, 0.717) is 13.2 Å². The summed E-state index contributed by atoms with van der Waals surface area (Å²) in [4.78, 5) is 1.16. The summed E-state index contributed by atoms with van der Waals surface area (Å²) < 4.78 is 36.8. The molecule has 0 atom stereocenters. The number of hydrogen-bond donors (Lipinski definition) is 0. The third-order valence-electron chi connectivity index (χ3n) is 2.56. The fourth-order valence-electron chi connectivity index (χ4n) is 1.59. The Bertz CT molecular complexity index is 467. The summed E-state index contributed by atoms with van der Waals surface area (Å²) in [6.45, 7) is 1.60. The van der Waals surface area contributed by atoms with E-state index >= 15 is 0 Å². The Kier molecular flexibility index (Phi) is 8.13. The molecule has 0 radical (unpaired) electrons. The van der Waals surface area contributed by atoms with E-state index in [-0.39, 0.29) is 6.61 Å². The van der Waals surface area contributed by atoms with Crippen LogP contribution in [0.5, 0.6) is 5.06 Å². The summed E-state index contributed by atoms with van der Waals surface area (Å²) in [5, 5.41) is 0.898. The first-order valence-corrected chi connectivity index (χ1v) is 9.19. The number of unbranched alkanes of at least 4 members (excludes halogenated alkanes) is 3. The number of ether oxygens (including phenoxy) is 2. The molecule has 5 nitrogen and oxygen atoms in total. The Hall–Kier alpha value is -0.630. The molecule has 0 aromatic carbocycles. The average Bonchev–Trinajstić information content (AvgIpc) is 2.83. The Labute approximate surface area is 125 Å². The first-order chi connectivity index (χ1) is 9.51. The van der Waals surface area contributed by atoms with Gasteiger partial charge in [0.15, 0.2) is 5.06 Å². The lowest BCUT2D eigenvalue weighted by Gasteiger charge is -2.03. The minimum absolute atomic E-state index is 0.273. The topological polar surface area (TPSA) is 61.8 Å². The molecule has 20 heavy (non-hydrogen) atoms. The molecule has 0 fully saturated rings. The van der Waals surface area contributed by atoms with Gasteiger partial charge in [-0.05, 0) is 25.0 Å². The molecule has 0 saturated carbocycles. The molecule has 1 heterocycles. The molecule has 0 aliphatic rings. The second kappa shape index (κ2) is 9.33. The quantitative estimate of drug-likeness (QED) is 0.463. The van der Waals surface area contributed by atoms with Crippen molar-refractivity contribution >= 4 is 21.5 Å². The van der Waals surface area contributed by atoms with Crippen molar-refractivity contribution in [2.75, 3.05) is 26.6 Å². The van der Waals surface area contributed by atoms with Gasteiger partial charge in [-0.3, -0.25) is 4.18 Å². The first-order valence-electron chi connectivity index (χ1n) is 6.56. The van der Waals surface area contributed by atoms with Crippen LogP contribution >= 0.6 is 11.3 Å². The minimum atomic E-state index is -3.29. The van der Waals surface area contributed by atoms with Gasteiger partial charge in [0.25, 0.3) is 10.1 Å². The first kappa shape index (κ1) is 17.4. The maximum Gasteiger partial charge on any atom is 0.264 e. The average molecular weight is 322 g/mol. The lowest BCUT2D eigenvalue weighted by Crippen LogP contribution is -2.04. The summed E-state index contributed by atoms with van der Waals surface area (Å²) in [5.41, 5.74) is 0. The maximum absolute atomic E-state index is 10.7. The highest BCUT2D eigenvalue weighted by molar-refractivity contribution is 7.85. The van der Waals surface area contributed by atoms with E-state index in [2.05, 4.69) is 4.18 Å². The number of hydrogen-bond acceptors (Lipinski definition) is 6. The van der Waals surface area contributed by atoms with Gasteiger partial charge in [-0.1, -0.05) is 12.8 Å². The third kappa shape index (κ3) is 8.52. The van der Waals surface area contributed by atoms with Crippen molar-refractivity contribution in [3.8, 4) is 5.06 Å². The monoisotopic (exact) mass is 322 g/mol. The number of thiophene rings is 1. The van der Waals surface area contributed by atoms with Crippen LogP contribution in [-0.2, 0) is 25.6 Å². The van der Waals surface area contributed by atoms with Crippen LogP contribution in [0.3, 0.4) is 0 Å². The second-order valence-electron chi connectivity index (χ2n) is 4.42. The fraction of sp³-hybridized carbons (Fsp3) is 0.692. The largest absolute Gasteiger partial charge is 0.487 e. The molecule has 116 valence electrons. The zero-order valence-corrected chi connectivity index (χ0v) is 13.6. The highest BCUT2D eigenvalue weighted by atomic mass is 32.2. The predicted octanol–water partition coefficient (Wildman–Crippen LogP) is 2.81. The molecule has 1 aromatic rings. The smallest absolute Gasteiger partial charge is 0.264 e. The summed E-state index contributed by atoms with van der Waals surface area (Å²) in [6, 6.07) is 3.94. The second-order valence-corrected chi connectivity index (χ2v) is 7.19. The van der Waals surface area contributed by atoms with Gasteiger partial charge in [0, 0.05) is 11.5 Å². The third-order valence-corrected chi connectivity index (χ3v) is 4.18. The van der Waals surface area contributed by atoms with Crippen molar-refractivity contribution in [2.24, 2.45) is 0 Å². The van der Waals surface area contributed by atoms with E-state index < -0.39 is 10.1 Å². The Balaban J connectivity index is 1.92. The van der Waals surface area contributed by atoms with E-state index in [1.165, 1.54) is 0 Å². The molecule has 1 aromatic heterocycles. The molecule has 0 spiro atoms. The summed E-state index contributed by atoms with van der Waals surface area (Å²) >= 11 is 1.59. The van der Waals surface area contributed by atoms with E-state index in [0.717, 1.165) is 41.9 Å². The normalized spacial score (nSPS) is 11.7. The van der Waals surface area contributed by atoms with Gasteiger partial charge in [-0.15, -0.1) is 11.3 Å². The molecular formula is C13H22O5S2. The lowest BCUT2D eigenvalue weighted by atomic mass is 10.2. The van der Waals surface area contributed by atoms with Crippen LogP contribution in [0.25, 0.3) is 0 Å². The van der Waals surface area contributed by atoms with Gasteiger partial charge < -0.3 is 9.47 Å². The standard InChI is InChI=1S/C13H22O5S2/c1-16-13-8-7-12(19-13)11-17-9-5-3-4-6-10-18-20(2,14)15/h7-8H,3-6,9-11H2,1-2H3. The predicted molar refractivity (Wildman–Crippen MR) is 79.8 cm³/mol. The van der Waals surface area contributed by atoms with Crippen molar-refractivity contribution in [1.82, 2.24) is 0 Å². The summed E-state index contributed by atoms with van der Waals surface area (Å²) in [6.07, 6.45) is 4.77.